The molecule has 3 aromatic rings. The zero-order chi connectivity index (χ0) is 21.4. The lowest BCUT2D eigenvalue weighted by Gasteiger charge is -2.17. The van der Waals surface area contributed by atoms with Crippen LogP contribution in [0.15, 0.2) is 72.4 Å². The van der Waals surface area contributed by atoms with Crippen LogP contribution in [0.25, 0.3) is 5.57 Å². The molecule has 0 saturated heterocycles. The van der Waals surface area contributed by atoms with Crippen molar-refractivity contribution in [1.29, 1.82) is 0 Å². The van der Waals surface area contributed by atoms with E-state index in [1.54, 1.807) is 24.3 Å². The number of nitrogens with zero attached hydrogens (tertiary/aromatic N) is 1. The summed E-state index contributed by atoms with van der Waals surface area (Å²) in [6.07, 6.45) is 0. The van der Waals surface area contributed by atoms with Crippen LogP contribution in [0.5, 0.6) is 0 Å². The highest BCUT2D eigenvalue weighted by Gasteiger charge is 2.40. The monoisotopic (exact) mass is 416 g/mol. The van der Waals surface area contributed by atoms with Crippen LogP contribution in [-0.4, -0.2) is 11.8 Å². The molecule has 4 rings (SSSR count). The smallest absolute Gasteiger partial charge is 0.282 e. The lowest BCUT2D eigenvalue weighted by Crippen LogP contribution is -2.32. The minimum atomic E-state index is -0.377. The van der Waals surface area contributed by atoms with E-state index in [9.17, 15) is 9.59 Å². The molecule has 0 spiro atoms. The first-order valence-corrected chi connectivity index (χ1v) is 10.0. The molecule has 0 aromatic heterocycles. The van der Waals surface area contributed by atoms with Crippen molar-refractivity contribution in [3.8, 4) is 0 Å². The Balaban J connectivity index is 1.86. The molecule has 1 aliphatic heterocycles. The average Bonchev–Trinajstić information content (AvgIpc) is 2.93. The number of halogens is 1. The number of rotatable bonds is 4. The van der Waals surface area contributed by atoms with Crippen molar-refractivity contribution in [2.75, 3.05) is 10.2 Å². The van der Waals surface area contributed by atoms with Crippen LogP contribution >= 0.6 is 11.6 Å². The van der Waals surface area contributed by atoms with Gasteiger partial charge in [0, 0.05) is 10.7 Å². The second kappa shape index (κ2) is 7.81. The highest BCUT2D eigenvalue weighted by Crippen LogP contribution is 2.35. The van der Waals surface area contributed by atoms with Crippen LogP contribution in [-0.2, 0) is 9.59 Å². The molecule has 30 heavy (non-hydrogen) atoms. The second-order valence-corrected chi connectivity index (χ2v) is 7.92. The molecule has 1 N–H and O–H groups in total. The van der Waals surface area contributed by atoms with E-state index in [2.05, 4.69) is 5.32 Å². The number of carbonyl (C=O) groups is 2. The van der Waals surface area contributed by atoms with Gasteiger partial charge in [-0.15, -0.1) is 0 Å². The number of hydrogen-bond acceptors (Lipinski definition) is 3. The quantitative estimate of drug-likeness (QED) is 0.558. The van der Waals surface area contributed by atoms with E-state index in [-0.39, 0.29) is 17.5 Å². The lowest BCUT2D eigenvalue weighted by atomic mass is 10.0. The van der Waals surface area contributed by atoms with Gasteiger partial charge >= 0.3 is 0 Å². The standard InChI is InChI=1S/C25H21ClN2O2/c1-15-12-16(2)14-20(13-15)28-24(29)22(18-8-10-19(26)11-9-18)23(25(28)30)27-21-7-5-4-6-17(21)3/h4-14,27H,1-3H3. The topological polar surface area (TPSA) is 49.4 Å². The molecule has 0 saturated carbocycles. The van der Waals surface area contributed by atoms with Crippen LogP contribution in [0.2, 0.25) is 5.02 Å². The van der Waals surface area contributed by atoms with Gasteiger partial charge in [-0.2, -0.15) is 0 Å². The summed E-state index contributed by atoms with van der Waals surface area (Å²) >= 11 is 6.04. The Labute approximate surface area is 180 Å². The normalized spacial score (nSPS) is 13.9. The summed E-state index contributed by atoms with van der Waals surface area (Å²) in [6.45, 7) is 5.84. The first-order valence-electron chi connectivity index (χ1n) is 9.65. The Morgan fingerprint density at radius 2 is 1.43 bits per heavy atom. The van der Waals surface area contributed by atoms with Gasteiger partial charge in [-0.1, -0.05) is 48.0 Å². The molecule has 1 aliphatic rings. The van der Waals surface area contributed by atoms with Crippen molar-refractivity contribution >= 4 is 40.4 Å². The maximum absolute atomic E-state index is 13.5. The van der Waals surface area contributed by atoms with Crippen LogP contribution < -0.4 is 10.2 Å². The van der Waals surface area contributed by atoms with Gasteiger partial charge in [0.05, 0.1) is 11.3 Å². The minimum absolute atomic E-state index is 0.260. The molecule has 4 nitrogen and oxygen atoms in total. The molecule has 5 heteroatoms. The van der Waals surface area contributed by atoms with E-state index in [0.717, 1.165) is 22.4 Å². The Kier molecular flexibility index (Phi) is 5.18. The first kappa shape index (κ1) is 19.9. The summed E-state index contributed by atoms with van der Waals surface area (Å²) in [4.78, 5) is 28.2. The Morgan fingerprint density at radius 3 is 2.07 bits per heavy atom. The molecule has 3 aromatic carbocycles. The number of amides is 2. The summed E-state index contributed by atoms with van der Waals surface area (Å²) < 4.78 is 0. The maximum Gasteiger partial charge on any atom is 0.282 e. The summed E-state index contributed by atoms with van der Waals surface area (Å²) in [5.74, 6) is -0.735. The minimum Gasteiger partial charge on any atom is -0.350 e. The molecule has 1 heterocycles. The van der Waals surface area contributed by atoms with Crippen molar-refractivity contribution < 1.29 is 9.59 Å². The van der Waals surface area contributed by atoms with E-state index in [1.807, 2.05) is 63.2 Å². The molecule has 2 amide bonds. The van der Waals surface area contributed by atoms with Crippen molar-refractivity contribution in [2.24, 2.45) is 0 Å². The fraction of sp³-hybridized carbons (Fsp3) is 0.120. The molecular formula is C25H21ClN2O2. The van der Waals surface area contributed by atoms with Gasteiger partial charge in [0.2, 0.25) is 0 Å². The highest BCUT2D eigenvalue weighted by molar-refractivity contribution is 6.46. The van der Waals surface area contributed by atoms with E-state index >= 15 is 0 Å². The van der Waals surface area contributed by atoms with Crippen LogP contribution in [0, 0.1) is 20.8 Å². The van der Waals surface area contributed by atoms with Gasteiger partial charge in [-0.05, 0) is 73.4 Å². The molecule has 0 unspecified atom stereocenters. The van der Waals surface area contributed by atoms with Crippen molar-refractivity contribution in [2.45, 2.75) is 20.8 Å². The fourth-order valence-corrected chi connectivity index (χ4v) is 3.82. The van der Waals surface area contributed by atoms with E-state index in [1.165, 1.54) is 4.90 Å². The fourth-order valence-electron chi connectivity index (χ4n) is 3.69. The number of benzene rings is 3. The highest BCUT2D eigenvalue weighted by atomic mass is 35.5. The van der Waals surface area contributed by atoms with Gasteiger partial charge in [0.25, 0.3) is 11.8 Å². The molecular weight excluding hydrogens is 396 g/mol. The number of carbonyl (C=O) groups excluding carboxylic acids is 2. The number of nitrogens with one attached hydrogen (secondary N) is 1. The van der Waals surface area contributed by atoms with Gasteiger partial charge in [0.1, 0.15) is 5.70 Å². The molecule has 0 radical (unpaired) electrons. The number of para-hydroxylation sites is 1. The van der Waals surface area contributed by atoms with Crippen molar-refractivity contribution in [1.82, 2.24) is 0 Å². The van der Waals surface area contributed by atoms with Crippen LogP contribution in [0.3, 0.4) is 0 Å². The van der Waals surface area contributed by atoms with E-state index in [0.29, 0.717) is 21.8 Å². The van der Waals surface area contributed by atoms with Gasteiger partial charge in [0.15, 0.2) is 0 Å². The number of hydrogen-bond donors (Lipinski definition) is 1. The van der Waals surface area contributed by atoms with Gasteiger partial charge < -0.3 is 5.32 Å². The average molecular weight is 417 g/mol. The predicted molar refractivity (Wildman–Crippen MR) is 122 cm³/mol. The van der Waals surface area contributed by atoms with Gasteiger partial charge in [-0.25, -0.2) is 4.90 Å². The first-order chi connectivity index (χ1) is 14.3. The SMILES string of the molecule is Cc1cc(C)cc(N2C(=O)C(Nc3ccccc3C)=C(c3ccc(Cl)cc3)C2=O)c1. The summed E-state index contributed by atoms with van der Waals surface area (Å²) in [5, 5.41) is 3.78. The molecule has 0 bridgehead atoms. The summed E-state index contributed by atoms with van der Waals surface area (Å²) in [7, 11) is 0. The zero-order valence-corrected chi connectivity index (χ0v) is 17.7. The number of anilines is 2. The number of aryl methyl sites for hydroxylation is 3. The Hall–Kier alpha value is -3.37. The largest absolute Gasteiger partial charge is 0.350 e. The molecule has 0 aliphatic carbocycles. The zero-order valence-electron chi connectivity index (χ0n) is 17.0. The summed E-state index contributed by atoms with van der Waals surface area (Å²) in [5.41, 5.74) is 5.52. The third-order valence-electron chi connectivity index (χ3n) is 5.09. The van der Waals surface area contributed by atoms with Gasteiger partial charge in [-0.3, -0.25) is 9.59 Å². The predicted octanol–water partition coefficient (Wildman–Crippen LogP) is 5.66. The lowest BCUT2D eigenvalue weighted by molar-refractivity contribution is -0.120. The second-order valence-electron chi connectivity index (χ2n) is 7.49. The van der Waals surface area contributed by atoms with Crippen molar-refractivity contribution in [3.63, 3.8) is 0 Å². The van der Waals surface area contributed by atoms with E-state index < -0.39 is 0 Å². The van der Waals surface area contributed by atoms with Crippen LogP contribution in [0.1, 0.15) is 22.3 Å². The maximum atomic E-state index is 13.5. The molecule has 0 fully saturated rings. The van der Waals surface area contributed by atoms with Crippen molar-refractivity contribution in [3.05, 3.63) is 99.7 Å². The summed E-state index contributed by atoms with van der Waals surface area (Å²) in [6, 6.07) is 20.3. The third kappa shape index (κ3) is 3.62. The molecule has 0 atom stereocenters. The Bertz CT molecular complexity index is 1180. The van der Waals surface area contributed by atoms with Crippen LogP contribution in [0.4, 0.5) is 11.4 Å². The third-order valence-corrected chi connectivity index (χ3v) is 5.34. The molecule has 150 valence electrons. The van der Waals surface area contributed by atoms with E-state index in [4.69, 9.17) is 11.6 Å². The Morgan fingerprint density at radius 1 is 0.800 bits per heavy atom. The number of imide groups is 1.